The van der Waals surface area contributed by atoms with Gasteiger partial charge in [0.05, 0.1) is 0 Å². The average Bonchev–Trinajstić information content (AvgIpc) is 3.04. The van der Waals surface area contributed by atoms with Crippen LogP contribution in [0.25, 0.3) is 11.6 Å². The van der Waals surface area contributed by atoms with E-state index in [1.807, 2.05) is 0 Å². The Hall–Kier alpha value is -2.55. The van der Waals surface area contributed by atoms with Gasteiger partial charge in [-0.25, -0.2) is 4.98 Å². The van der Waals surface area contributed by atoms with Crippen LogP contribution in [0.1, 0.15) is 54.3 Å². The molecule has 0 radical (unpaired) electrons. The third kappa shape index (κ3) is 3.92. The summed E-state index contributed by atoms with van der Waals surface area (Å²) >= 11 is 1.77. The molecule has 1 amide bonds. The Labute approximate surface area is 160 Å². The first-order valence-corrected chi connectivity index (χ1v) is 9.89. The Morgan fingerprint density at radius 1 is 1.44 bits per heavy atom. The summed E-state index contributed by atoms with van der Waals surface area (Å²) in [7, 11) is 0. The molecule has 0 unspecified atom stereocenters. The van der Waals surface area contributed by atoms with Gasteiger partial charge in [0.25, 0.3) is 0 Å². The van der Waals surface area contributed by atoms with E-state index in [1.54, 1.807) is 11.3 Å². The highest BCUT2D eigenvalue weighted by Crippen LogP contribution is 2.50. The van der Waals surface area contributed by atoms with Gasteiger partial charge in [-0.2, -0.15) is 10.1 Å². The standard InChI is InChI=1S/C18H22N6O2S/c1-9(2)6-13(18-22-16(24-26-18)15-19-8-20-23-15)21-17(25)12-7-11(12)14-5-4-10(3)27-14/h4-5,8-9,11-13H,6-7H2,1-3H3,(H,21,25)(H,19,20,23)/t11-,12-,13-/m1/s1. The minimum absolute atomic E-state index is 0.0226. The molecule has 0 aromatic carbocycles. The van der Waals surface area contributed by atoms with Gasteiger partial charge in [0.15, 0.2) is 5.82 Å². The first kappa shape index (κ1) is 17.8. The second kappa shape index (κ2) is 7.22. The highest BCUT2D eigenvalue weighted by molar-refractivity contribution is 7.12. The number of hydrogen-bond acceptors (Lipinski definition) is 7. The van der Waals surface area contributed by atoms with Gasteiger partial charge < -0.3 is 9.84 Å². The van der Waals surface area contributed by atoms with Crippen molar-refractivity contribution in [2.45, 2.75) is 45.6 Å². The molecule has 4 rings (SSSR count). The Kier molecular flexibility index (Phi) is 4.77. The van der Waals surface area contributed by atoms with E-state index < -0.39 is 0 Å². The smallest absolute Gasteiger partial charge is 0.249 e. The van der Waals surface area contributed by atoms with Gasteiger partial charge in [-0.1, -0.05) is 19.0 Å². The summed E-state index contributed by atoms with van der Waals surface area (Å²) < 4.78 is 5.41. The van der Waals surface area contributed by atoms with Crippen LogP contribution < -0.4 is 5.32 Å². The SMILES string of the molecule is Cc1ccc([C@@H]2C[C@H]2C(=O)N[C@H](CC(C)C)c2nc(-c3ncn[nH]3)no2)s1. The van der Waals surface area contributed by atoms with Gasteiger partial charge in [-0.3, -0.25) is 9.89 Å². The predicted molar refractivity (Wildman–Crippen MR) is 99.9 cm³/mol. The van der Waals surface area contributed by atoms with Crippen LogP contribution in [0.2, 0.25) is 0 Å². The molecule has 0 saturated heterocycles. The van der Waals surface area contributed by atoms with E-state index in [0.29, 0.717) is 29.4 Å². The molecule has 3 aromatic heterocycles. The number of carbonyl (C=O) groups excluding carboxylic acids is 1. The molecule has 9 heteroatoms. The fourth-order valence-corrected chi connectivity index (χ4v) is 4.27. The number of thiophene rings is 1. The third-order valence-corrected chi connectivity index (χ3v) is 5.78. The molecule has 1 saturated carbocycles. The zero-order chi connectivity index (χ0) is 19.0. The molecule has 8 nitrogen and oxygen atoms in total. The minimum atomic E-state index is -0.312. The van der Waals surface area contributed by atoms with Crippen molar-refractivity contribution in [1.29, 1.82) is 0 Å². The molecular weight excluding hydrogens is 364 g/mol. The van der Waals surface area contributed by atoms with Crippen molar-refractivity contribution >= 4 is 17.2 Å². The molecule has 0 bridgehead atoms. The Morgan fingerprint density at radius 2 is 2.30 bits per heavy atom. The summed E-state index contributed by atoms with van der Waals surface area (Å²) in [6.45, 7) is 6.29. The van der Waals surface area contributed by atoms with E-state index in [2.05, 4.69) is 63.5 Å². The van der Waals surface area contributed by atoms with Gasteiger partial charge >= 0.3 is 0 Å². The van der Waals surface area contributed by atoms with E-state index >= 15 is 0 Å². The van der Waals surface area contributed by atoms with Gasteiger partial charge in [0.2, 0.25) is 17.6 Å². The second-order valence-corrected chi connectivity index (χ2v) is 8.70. The van der Waals surface area contributed by atoms with Crippen molar-refractivity contribution in [3.8, 4) is 11.6 Å². The maximum absolute atomic E-state index is 12.8. The van der Waals surface area contributed by atoms with Crippen molar-refractivity contribution in [1.82, 2.24) is 30.6 Å². The van der Waals surface area contributed by atoms with E-state index in [9.17, 15) is 4.79 Å². The molecule has 2 N–H and O–H groups in total. The quantitative estimate of drug-likeness (QED) is 0.645. The fraction of sp³-hybridized carbons (Fsp3) is 0.500. The number of nitrogens with one attached hydrogen (secondary N) is 2. The third-order valence-electron chi connectivity index (χ3n) is 4.64. The van der Waals surface area contributed by atoms with Crippen LogP contribution >= 0.6 is 11.3 Å². The lowest BCUT2D eigenvalue weighted by Gasteiger charge is -2.17. The minimum Gasteiger partial charge on any atom is -0.344 e. The molecule has 1 aliphatic rings. The highest BCUT2D eigenvalue weighted by atomic mass is 32.1. The number of rotatable bonds is 7. The summed E-state index contributed by atoms with van der Waals surface area (Å²) in [6.07, 6.45) is 3.00. The molecule has 0 spiro atoms. The molecule has 1 fully saturated rings. The van der Waals surface area contributed by atoms with E-state index in [1.165, 1.54) is 16.1 Å². The monoisotopic (exact) mass is 386 g/mol. The Balaban J connectivity index is 1.46. The van der Waals surface area contributed by atoms with Crippen LogP contribution in [0.15, 0.2) is 23.0 Å². The fourth-order valence-electron chi connectivity index (χ4n) is 3.21. The van der Waals surface area contributed by atoms with Crippen molar-refractivity contribution in [2.24, 2.45) is 11.8 Å². The van der Waals surface area contributed by atoms with Crippen molar-refractivity contribution in [3.63, 3.8) is 0 Å². The molecule has 3 heterocycles. The van der Waals surface area contributed by atoms with E-state index in [4.69, 9.17) is 4.52 Å². The number of H-pyrrole nitrogens is 1. The number of aryl methyl sites for hydroxylation is 1. The molecule has 3 atom stereocenters. The molecule has 27 heavy (non-hydrogen) atoms. The first-order valence-electron chi connectivity index (χ1n) is 9.07. The largest absolute Gasteiger partial charge is 0.344 e. The molecule has 3 aromatic rings. The zero-order valence-corrected chi connectivity index (χ0v) is 16.3. The van der Waals surface area contributed by atoms with Crippen LogP contribution in [0.3, 0.4) is 0 Å². The van der Waals surface area contributed by atoms with E-state index in [-0.39, 0.29) is 17.9 Å². The number of aromatic nitrogens is 5. The lowest BCUT2D eigenvalue weighted by molar-refractivity contribution is -0.123. The van der Waals surface area contributed by atoms with Crippen LogP contribution in [-0.2, 0) is 4.79 Å². The summed E-state index contributed by atoms with van der Waals surface area (Å²) in [5.74, 6) is 1.94. The van der Waals surface area contributed by atoms with Gasteiger partial charge in [0.1, 0.15) is 12.4 Å². The zero-order valence-electron chi connectivity index (χ0n) is 15.5. The average molecular weight is 386 g/mol. The van der Waals surface area contributed by atoms with Crippen molar-refractivity contribution < 1.29 is 9.32 Å². The normalized spacial score (nSPS) is 20.0. The number of aromatic amines is 1. The number of hydrogen-bond donors (Lipinski definition) is 2. The van der Waals surface area contributed by atoms with E-state index in [0.717, 1.165) is 12.8 Å². The maximum atomic E-state index is 12.8. The summed E-state index contributed by atoms with van der Waals surface area (Å²) in [5.41, 5.74) is 0. The van der Waals surface area contributed by atoms with Gasteiger partial charge in [-0.15, -0.1) is 11.3 Å². The van der Waals surface area contributed by atoms with Crippen molar-refractivity contribution in [2.75, 3.05) is 0 Å². The molecular formula is C18H22N6O2S. The Bertz CT molecular complexity index is 916. The summed E-state index contributed by atoms with van der Waals surface area (Å²) in [4.78, 5) is 23.8. The number of carbonyl (C=O) groups is 1. The van der Waals surface area contributed by atoms with Gasteiger partial charge in [-0.05, 0) is 37.8 Å². The second-order valence-electron chi connectivity index (χ2n) is 7.38. The predicted octanol–water partition coefficient (Wildman–Crippen LogP) is 3.23. The lowest BCUT2D eigenvalue weighted by Crippen LogP contribution is -2.31. The topological polar surface area (TPSA) is 110 Å². The van der Waals surface area contributed by atoms with Crippen LogP contribution in [0, 0.1) is 18.8 Å². The molecule has 1 aliphatic carbocycles. The Morgan fingerprint density at radius 3 is 2.96 bits per heavy atom. The first-order chi connectivity index (χ1) is 13.0. The molecule has 142 valence electrons. The lowest BCUT2D eigenvalue weighted by atomic mass is 10.0. The number of nitrogens with zero attached hydrogens (tertiary/aromatic N) is 4. The maximum Gasteiger partial charge on any atom is 0.249 e. The van der Waals surface area contributed by atoms with Gasteiger partial charge in [0, 0.05) is 21.6 Å². The van der Waals surface area contributed by atoms with Crippen LogP contribution in [0.4, 0.5) is 0 Å². The highest BCUT2D eigenvalue weighted by Gasteiger charge is 2.45. The summed E-state index contributed by atoms with van der Waals surface area (Å²) in [6, 6.07) is 3.93. The van der Waals surface area contributed by atoms with Crippen LogP contribution in [0.5, 0.6) is 0 Å². The number of amides is 1. The van der Waals surface area contributed by atoms with Crippen molar-refractivity contribution in [3.05, 3.63) is 34.1 Å². The van der Waals surface area contributed by atoms with Crippen LogP contribution in [-0.4, -0.2) is 31.2 Å². The molecule has 0 aliphatic heterocycles. The summed E-state index contributed by atoms with van der Waals surface area (Å²) in [5, 5.41) is 13.6.